The summed E-state index contributed by atoms with van der Waals surface area (Å²) < 4.78 is 10.3. The van der Waals surface area contributed by atoms with Crippen molar-refractivity contribution in [2.75, 3.05) is 7.11 Å². The third-order valence-electron chi connectivity index (χ3n) is 4.15. The normalized spacial score (nSPS) is 19.6. The molecule has 6 nitrogen and oxygen atoms in total. The van der Waals surface area contributed by atoms with Crippen LogP contribution < -0.4 is 0 Å². The number of cyclic esters (lactones) is 1. The van der Waals surface area contributed by atoms with Crippen LogP contribution >= 0.6 is 0 Å². The first-order valence-corrected chi connectivity index (χ1v) is 7.41. The zero-order chi connectivity index (χ0) is 17.8. The largest absolute Gasteiger partial charge is 0.507 e. The van der Waals surface area contributed by atoms with E-state index in [0.29, 0.717) is 17.6 Å². The second kappa shape index (κ2) is 5.33. The van der Waals surface area contributed by atoms with Crippen LogP contribution in [-0.4, -0.2) is 35.9 Å². The van der Waals surface area contributed by atoms with Crippen LogP contribution in [0.3, 0.4) is 0 Å². The molecule has 0 saturated heterocycles. The van der Waals surface area contributed by atoms with E-state index in [-0.39, 0.29) is 39.9 Å². The van der Waals surface area contributed by atoms with Crippen LogP contribution in [0.25, 0.3) is 0 Å². The quantitative estimate of drug-likeness (QED) is 0.838. The van der Waals surface area contributed by atoms with Crippen molar-refractivity contribution in [1.82, 2.24) is 0 Å². The summed E-state index contributed by atoms with van der Waals surface area (Å²) in [5.41, 5.74) is 0.477. The number of aromatic hydroxyl groups is 1. The van der Waals surface area contributed by atoms with Crippen LogP contribution in [0.1, 0.15) is 50.5 Å². The molecule has 1 heterocycles. The van der Waals surface area contributed by atoms with Gasteiger partial charge in [0.05, 0.1) is 29.4 Å². The van der Waals surface area contributed by atoms with Crippen LogP contribution in [0.5, 0.6) is 5.75 Å². The molecule has 1 atom stereocenters. The highest BCUT2D eigenvalue weighted by Gasteiger charge is 2.41. The molecule has 1 unspecified atom stereocenters. The Bertz CT molecular complexity index is 859. The lowest BCUT2D eigenvalue weighted by Crippen LogP contribution is -2.32. The summed E-state index contributed by atoms with van der Waals surface area (Å²) in [7, 11) is 1.27. The molecular weight excluding hydrogens is 312 g/mol. The minimum absolute atomic E-state index is 0.00259. The number of carbonyl (C=O) groups excluding carboxylic acids is 3. The van der Waals surface area contributed by atoms with E-state index in [1.165, 1.54) is 13.2 Å². The molecule has 2 aliphatic rings. The van der Waals surface area contributed by atoms with Crippen molar-refractivity contribution in [3.8, 4) is 5.75 Å². The highest BCUT2D eigenvalue weighted by molar-refractivity contribution is 6.31. The molecule has 1 aliphatic heterocycles. The number of Topliss-reactive ketones (excluding diaryl/α,β-unsaturated/α-hetero) is 2. The van der Waals surface area contributed by atoms with Crippen molar-refractivity contribution in [2.24, 2.45) is 0 Å². The number of allylic oxidation sites excluding steroid dienone is 3. The lowest BCUT2D eigenvalue weighted by Gasteiger charge is -2.28. The van der Waals surface area contributed by atoms with Crippen LogP contribution in [0, 0.1) is 0 Å². The lowest BCUT2D eigenvalue weighted by molar-refractivity contribution is 0.0298. The molecule has 0 aromatic heterocycles. The molecule has 1 aliphatic carbocycles. The van der Waals surface area contributed by atoms with E-state index in [9.17, 15) is 19.5 Å². The van der Waals surface area contributed by atoms with Crippen LogP contribution in [0.2, 0.25) is 0 Å². The number of ketones is 2. The number of benzene rings is 1. The summed E-state index contributed by atoms with van der Waals surface area (Å²) in [4.78, 5) is 38.0. The van der Waals surface area contributed by atoms with Gasteiger partial charge < -0.3 is 14.6 Å². The van der Waals surface area contributed by atoms with Crippen molar-refractivity contribution in [1.29, 1.82) is 0 Å². The number of carbonyl (C=O) groups is 3. The monoisotopic (exact) mass is 328 g/mol. The van der Waals surface area contributed by atoms with Crippen LogP contribution in [0.4, 0.5) is 0 Å². The zero-order valence-electron chi connectivity index (χ0n) is 13.6. The molecule has 0 amide bonds. The van der Waals surface area contributed by atoms with Gasteiger partial charge in [0.15, 0.2) is 5.76 Å². The van der Waals surface area contributed by atoms with E-state index < -0.39 is 17.5 Å². The molecule has 0 fully saturated rings. The lowest BCUT2D eigenvalue weighted by atomic mass is 9.80. The number of esters is 1. The predicted molar refractivity (Wildman–Crippen MR) is 84.2 cm³/mol. The minimum Gasteiger partial charge on any atom is -0.507 e. The Kier molecular flexibility index (Phi) is 3.55. The number of phenols is 1. The Hall–Kier alpha value is -2.89. The molecule has 0 saturated carbocycles. The first-order chi connectivity index (χ1) is 11.3. The molecular formula is C18H16O6. The molecule has 3 rings (SSSR count). The average molecular weight is 328 g/mol. The number of hydrogen-bond acceptors (Lipinski definition) is 6. The maximum Gasteiger partial charge on any atom is 0.339 e. The van der Waals surface area contributed by atoms with Gasteiger partial charge in [0.25, 0.3) is 0 Å². The second-order valence-electron chi connectivity index (χ2n) is 5.95. The minimum atomic E-state index is -0.685. The van der Waals surface area contributed by atoms with Gasteiger partial charge in [0, 0.05) is 6.42 Å². The number of rotatable bonds is 2. The van der Waals surface area contributed by atoms with Crippen LogP contribution in [-0.2, 0) is 15.9 Å². The van der Waals surface area contributed by atoms with Gasteiger partial charge in [-0.1, -0.05) is 6.58 Å². The van der Waals surface area contributed by atoms with Crippen molar-refractivity contribution < 1.29 is 29.0 Å². The number of hydrogen-bond donors (Lipinski definition) is 1. The second-order valence-corrected chi connectivity index (χ2v) is 5.95. The summed E-state index contributed by atoms with van der Waals surface area (Å²) in [6.45, 7) is 6.97. The fourth-order valence-corrected chi connectivity index (χ4v) is 3.20. The third-order valence-corrected chi connectivity index (χ3v) is 4.15. The molecule has 1 aromatic rings. The molecule has 124 valence electrons. The number of phenolic OH excluding ortho intramolecular Hbond substituents is 1. The Morgan fingerprint density at radius 1 is 1.25 bits per heavy atom. The van der Waals surface area contributed by atoms with Gasteiger partial charge in [-0.2, -0.15) is 0 Å². The van der Waals surface area contributed by atoms with E-state index in [1.807, 2.05) is 0 Å². The maximum absolute atomic E-state index is 12.9. The topological polar surface area (TPSA) is 89.9 Å². The van der Waals surface area contributed by atoms with Crippen molar-refractivity contribution in [2.45, 2.75) is 26.4 Å². The fraction of sp³-hybridized carbons (Fsp3) is 0.278. The SMILES string of the molecule is C=C(C)C1=C(OC)C(=O)c2c(c(O)cc3c2C(=O)OC(C)C3)C1=O. The Morgan fingerprint density at radius 3 is 2.50 bits per heavy atom. The first kappa shape index (κ1) is 16.0. The zero-order valence-corrected chi connectivity index (χ0v) is 13.6. The number of fused-ring (bicyclic) bond motifs is 3. The summed E-state index contributed by atoms with van der Waals surface area (Å²) >= 11 is 0. The van der Waals surface area contributed by atoms with Gasteiger partial charge in [-0.05, 0) is 31.1 Å². The molecule has 1 aromatic carbocycles. The van der Waals surface area contributed by atoms with Crippen molar-refractivity contribution >= 4 is 17.5 Å². The van der Waals surface area contributed by atoms with Gasteiger partial charge in [0.1, 0.15) is 11.9 Å². The molecule has 24 heavy (non-hydrogen) atoms. The number of methoxy groups -OCH3 is 1. The van der Waals surface area contributed by atoms with E-state index in [4.69, 9.17) is 9.47 Å². The van der Waals surface area contributed by atoms with Gasteiger partial charge >= 0.3 is 5.97 Å². The standard InChI is InChI=1S/C18H16O6/c1-7(2)11-15(20)13-10(19)6-9-5-8(3)24-18(22)12(9)14(13)16(21)17(11)23-4/h6,8,19H,1,5H2,2-4H3. The third kappa shape index (κ3) is 2.06. The summed E-state index contributed by atoms with van der Waals surface area (Å²) in [5, 5.41) is 10.3. The molecule has 6 heteroatoms. The molecule has 0 spiro atoms. The van der Waals surface area contributed by atoms with E-state index in [2.05, 4.69) is 6.58 Å². The average Bonchev–Trinajstić information content (AvgIpc) is 2.48. The highest BCUT2D eigenvalue weighted by atomic mass is 16.5. The molecule has 0 radical (unpaired) electrons. The Balaban J connectivity index is 2.37. The van der Waals surface area contributed by atoms with Gasteiger partial charge in [-0.25, -0.2) is 4.79 Å². The Labute approximate surface area is 138 Å². The van der Waals surface area contributed by atoms with Crippen LogP contribution in [0.15, 0.2) is 29.6 Å². The summed E-state index contributed by atoms with van der Waals surface area (Å²) in [6, 6.07) is 1.35. The van der Waals surface area contributed by atoms with E-state index in [0.717, 1.165) is 0 Å². The summed E-state index contributed by atoms with van der Waals surface area (Å²) in [5.74, 6) is -2.43. The van der Waals surface area contributed by atoms with Gasteiger partial charge in [0.2, 0.25) is 11.6 Å². The maximum atomic E-state index is 12.9. The Morgan fingerprint density at radius 2 is 1.92 bits per heavy atom. The highest BCUT2D eigenvalue weighted by Crippen LogP contribution is 2.40. The predicted octanol–water partition coefficient (Wildman–Crippen LogP) is 2.35. The fourth-order valence-electron chi connectivity index (χ4n) is 3.20. The smallest absolute Gasteiger partial charge is 0.339 e. The molecule has 0 bridgehead atoms. The molecule has 1 N–H and O–H groups in total. The van der Waals surface area contributed by atoms with Gasteiger partial charge in [-0.15, -0.1) is 0 Å². The van der Waals surface area contributed by atoms with Crippen molar-refractivity contribution in [3.63, 3.8) is 0 Å². The first-order valence-electron chi connectivity index (χ1n) is 7.41. The van der Waals surface area contributed by atoms with E-state index in [1.54, 1.807) is 13.8 Å². The van der Waals surface area contributed by atoms with E-state index >= 15 is 0 Å². The van der Waals surface area contributed by atoms with Gasteiger partial charge in [-0.3, -0.25) is 9.59 Å². The van der Waals surface area contributed by atoms with Crippen molar-refractivity contribution in [3.05, 3.63) is 51.8 Å². The summed E-state index contributed by atoms with van der Waals surface area (Å²) in [6.07, 6.45) is -0.0248. The number of ether oxygens (including phenoxy) is 2.